The van der Waals surface area contributed by atoms with Crippen molar-refractivity contribution in [3.63, 3.8) is 0 Å². The van der Waals surface area contributed by atoms with Crippen molar-refractivity contribution in [1.29, 1.82) is 0 Å². The average molecular weight is 249 g/mol. The summed E-state index contributed by atoms with van der Waals surface area (Å²) in [5.74, 6) is 2.55. The van der Waals surface area contributed by atoms with Crippen molar-refractivity contribution in [2.24, 2.45) is 17.6 Å². The molecule has 0 amide bonds. The summed E-state index contributed by atoms with van der Waals surface area (Å²) in [6, 6.07) is 1.95. The van der Waals surface area contributed by atoms with Crippen LogP contribution in [0.25, 0.3) is 0 Å². The predicted octanol–water partition coefficient (Wildman–Crippen LogP) is 2.12. The molecule has 0 aliphatic heterocycles. The van der Waals surface area contributed by atoms with E-state index < -0.39 is 0 Å². The van der Waals surface area contributed by atoms with E-state index in [0.717, 1.165) is 35.3 Å². The third kappa shape index (κ3) is 2.57. The standard InChI is InChI=1S/C13H19N3S/c1-8-4-5-15-13(11(8)12(14)17)16(3)7-10-6-9(10)2/h4-5,9-10H,6-7H2,1-3H3,(H2,14,17). The molecule has 1 aromatic rings. The molecule has 1 heterocycles. The fraction of sp³-hybridized carbons (Fsp3) is 0.538. The lowest BCUT2D eigenvalue weighted by molar-refractivity contribution is 0.719. The van der Waals surface area contributed by atoms with Gasteiger partial charge in [-0.2, -0.15) is 0 Å². The average Bonchev–Trinajstić information content (AvgIpc) is 2.93. The number of rotatable bonds is 4. The zero-order valence-corrected chi connectivity index (χ0v) is 11.4. The summed E-state index contributed by atoms with van der Waals surface area (Å²) in [6.07, 6.45) is 3.14. The fourth-order valence-electron chi connectivity index (χ4n) is 2.23. The van der Waals surface area contributed by atoms with E-state index >= 15 is 0 Å². The van der Waals surface area contributed by atoms with Gasteiger partial charge in [-0.3, -0.25) is 0 Å². The number of nitrogens with zero attached hydrogens (tertiary/aromatic N) is 2. The molecule has 3 nitrogen and oxygen atoms in total. The van der Waals surface area contributed by atoms with Crippen molar-refractivity contribution in [3.8, 4) is 0 Å². The Morgan fingerprint density at radius 3 is 2.82 bits per heavy atom. The summed E-state index contributed by atoms with van der Waals surface area (Å²) in [6.45, 7) is 5.34. The van der Waals surface area contributed by atoms with Crippen molar-refractivity contribution in [1.82, 2.24) is 4.98 Å². The summed E-state index contributed by atoms with van der Waals surface area (Å²) >= 11 is 5.12. The van der Waals surface area contributed by atoms with Gasteiger partial charge in [-0.25, -0.2) is 4.98 Å². The second-order valence-electron chi connectivity index (χ2n) is 5.04. The van der Waals surface area contributed by atoms with Gasteiger partial charge in [0.05, 0.1) is 5.56 Å². The highest BCUT2D eigenvalue weighted by Crippen LogP contribution is 2.38. The summed E-state index contributed by atoms with van der Waals surface area (Å²) in [7, 11) is 2.06. The van der Waals surface area contributed by atoms with Gasteiger partial charge in [-0.05, 0) is 36.8 Å². The number of thiocarbonyl (C=S) groups is 1. The molecule has 17 heavy (non-hydrogen) atoms. The smallest absolute Gasteiger partial charge is 0.138 e. The van der Waals surface area contributed by atoms with Gasteiger partial charge in [0, 0.05) is 19.8 Å². The molecule has 1 fully saturated rings. The Morgan fingerprint density at radius 2 is 2.29 bits per heavy atom. The molecule has 4 heteroatoms. The third-order valence-electron chi connectivity index (χ3n) is 3.53. The molecule has 92 valence electrons. The van der Waals surface area contributed by atoms with Crippen molar-refractivity contribution in [2.75, 3.05) is 18.5 Å². The van der Waals surface area contributed by atoms with Crippen LogP contribution in [0.15, 0.2) is 12.3 Å². The Balaban J connectivity index is 2.24. The van der Waals surface area contributed by atoms with Gasteiger partial charge in [0.15, 0.2) is 0 Å². The van der Waals surface area contributed by atoms with Crippen LogP contribution >= 0.6 is 12.2 Å². The number of hydrogen-bond donors (Lipinski definition) is 1. The first kappa shape index (κ1) is 12.3. The van der Waals surface area contributed by atoms with Crippen LogP contribution in [0.1, 0.15) is 24.5 Å². The predicted molar refractivity (Wildman–Crippen MR) is 75.4 cm³/mol. The maximum atomic E-state index is 5.79. The second kappa shape index (κ2) is 4.61. The Kier molecular flexibility index (Phi) is 3.33. The minimum Gasteiger partial charge on any atom is -0.389 e. The number of nitrogens with two attached hydrogens (primary N) is 1. The Morgan fingerprint density at radius 1 is 1.65 bits per heavy atom. The molecule has 1 aliphatic carbocycles. The summed E-state index contributed by atoms with van der Waals surface area (Å²) in [5, 5.41) is 0. The SMILES string of the molecule is Cc1ccnc(N(C)CC2CC2C)c1C(N)=S. The van der Waals surface area contributed by atoms with Crippen molar-refractivity contribution in [2.45, 2.75) is 20.3 Å². The van der Waals surface area contributed by atoms with Gasteiger partial charge in [0.2, 0.25) is 0 Å². The van der Waals surface area contributed by atoms with Crippen LogP contribution in [0.2, 0.25) is 0 Å². The lowest BCUT2D eigenvalue weighted by Crippen LogP contribution is -2.26. The Labute approximate surface area is 108 Å². The van der Waals surface area contributed by atoms with Crippen molar-refractivity contribution < 1.29 is 0 Å². The van der Waals surface area contributed by atoms with Gasteiger partial charge in [-0.15, -0.1) is 0 Å². The number of aromatic nitrogens is 1. The van der Waals surface area contributed by atoms with Gasteiger partial charge >= 0.3 is 0 Å². The maximum absolute atomic E-state index is 5.79. The van der Waals surface area contributed by atoms with Gasteiger partial charge < -0.3 is 10.6 Å². The Bertz CT molecular complexity index is 444. The molecule has 2 rings (SSSR count). The topological polar surface area (TPSA) is 42.2 Å². The molecule has 0 saturated heterocycles. The monoisotopic (exact) mass is 249 g/mol. The summed E-state index contributed by atoms with van der Waals surface area (Å²) in [5.41, 5.74) is 7.80. The largest absolute Gasteiger partial charge is 0.389 e. The van der Waals surface area contributed by atoms with E-state index in [-0.39, 0.29) is 0 Å². The Hall–Kier alpha value is -1.16. The van der Waals surface area contributed by atoms with Crippen LogP contribution in [0.4, 0.5) is 5.82 Å². The van der Waals surface area contributed by atoms with E-state index in [1.54, 1.807) is 0 Å². The molecule has 2 atom stereocenters. The first-order valence-electron chi connectivity index (χ1n) is 5.97. The fourth-order valence-corrected chi connectivity index (χ4v) is 2.48. The molecule has 0 spiro atoms. The third-order valence-corrected chi connectivity index (χ3v) is 3.74. The van der Waals surface area contributed by atoms with Crippen LogP contribution in [0.5, 0.6) is 0 Å². The van der Waals surface area contributed by atoms with Crippen molar-refractivity contribution >= 4 is 23.0 Å². The highest BCUT2D eigenvalue weighted by atomic mass is 32.1. The van der Waals surface area contributed by atoms with Crippen LogP contribution < -0.4 is 10.6 Å². The van der Waals surface area contributed by atoms with Gasteiger partial charge in [0.1, 0.15) is 10.8 Å². The molecule has 2 unspecified atom stereocenters. The highest BCUT2D eigenvalue weighted by molar-refractivity contribution is 7.80. The lowest BCUT2D eigenvalue weighted by Gasteiger charge is -2.21. The van der Waals surface area contributed by atoms with E-state index in [2.05, 4.69) is 23.9 Å². The van der Waals surface area contributed by atoms with E-state index in [4.69, 9.17) is 18.0 Å². The van der Waals surface area contributed by atoms with E-state index in [0.29, 0.717) is 4.99 Å². The van der Waals surface area contributed by atoms with Crippen LogP contribution in [0.3, 0.4) is 0 Å². The maximum Gasteiger partial charge on any atom is 0.138 e. The minimum absolute atomic E-state index is 0.432. The first-order valence-corrected chi connectivity index (χ1v) is 6.38. The van der Waals surface area contributed by atoms with Gasteiger partial charge in [-0.1, -0.05) is 19.1 Å². The molecule has 1 saturated carbocycles. The molecular weight excluding hydrogens is 230 g/mol. The molecule has 0 radical (unpaired) electrons. The van der Waals surface area contributed by atoms with Crippen LogP contribution in [-0.4, -0.2) is 23.6 Å². The minimum atomic E-state index is 0.432. The van der Waals surface area contributed by atoms with Crippen LogP contribution in [-0.2, 0) is 0 Å². The van der Waals surface area contributed by atoms with Crippen LogP contribution in [0, 0.1) is 18.8 Å². The van der Waals surface area contributed by atoms with E-state index in [9.17, 15) is 0 Å². The number of anilines is 1. The summed E-state index contributed by atoms with van der Waals surface area (Å²) in [4.78, 5) is 7.03. The van der Waals surface area contributed by atoms with E-state index in [1.165, 1.54) is 6.42 Å². The first-order chi connectivity index (χ1) is 8.00. The van der Waals surface area contributed by atoms with E-state index in [1.807, 2.05) is 19.2 Å². The zero-order chi connectivity index (χ0) is 12.6. The summed E-state index contributed by atoms with van der Waals surface area (Å²) < 4.78 is 0. The molecule has 1 aromatic heterocycles. The lowest BCUT2D eigenvalue weighted by atomic mass is 10.1. The molecule has 0 aromatic carbocycles. The zero-order valence-electron chi connectivity index (χ0n) is 10.6. The van der Waals surface area contributed by atoms with Gasteiger partial charge in [0.25, 0.3) is 0 Å². The molecule has 2 N–H and O–H groups in total. The number of aryl methyl sites for hydroxylation is 1. The van der Waals surface area contributed by atoms with Crippen molar-refractivity contribution in [3.05, 3.63) is 23.4 Å². The number of pyridine rings is 1. The highest BCUT2D eigenvalue weighted by Gasteiger charge is 2.33. The molecule has 1 aliphatic rings. The normalized spacial score (nSPS) is 22.3. The molecular formula is C13H19N3S. The second-order valence-corrected chi connectivity index (χ2v) is 5.48. The molecule has 0 bridgehead atoms. The quantitative estimate of drug-likeness (QED) is 0.830. The number of hydrogen-bond acceptors (Lipinski definition) is 3.